The predicted molar refractivity (Wildman–Crippen MR) is 115 cm³/mol. The molecule has 0 radical (unpaired) electrons. The van der Waals surface area contributed by atoms with Crippen LogP contribution in [0.1, 0.15) is 52.5 Å². The van der Waals surface area contributed by atoms with E-state index in [2.05, 4.69) is 13.8 Å². The van der Waals surface area contributed by atoms with Crippen LogP contribution < -0.4 is 4.90 Å². The van der Waals surface area contributed by atoms with Gasteiger partial charge in [-0.2, -0.15) is 0 Å². The predicted octanol–water partition coefficient (Wildman–Crippen LogP) is 4.88. The largest absolute Gasteiger partial charge is 0.375 e. The first-order valence-corrected chi connectivity index (χ1v) is 10.6. The van der Waals surface area contributed by atoms with Crippen molar-refractivity contribution >= 4 is 28.7 Å². The lowest BCUT2D eigenvalue weighted by Crippen LogP contribution is -2.41. The Balaban J connectivity index is 1.63. The Morgan fingerprint density at radius 2 is 1.79 bits per heavy atom. The van der Waals surface area contributed by atoms with Crippen LogP contribution >= 0.6 is 11.3 Å². The molecule has 148 valence electrons. The molecule has 1 aromatic heterocycles. The second-order valence-corrected chi connectivity index (χ2v) is 8.76. The number of benzene rings is 2. The Morgan fingerprint density at radius 1 is 1.07 bits per heavy atom. The molecule has 2 aromatic carbocycles. The van der Waals surface area contributed by atoms with Crippen molar-refractivity contribution in [2.24, 2.45) is 0 Å². The Hall–Kier alpha value is -2.76. The van der Waals surface area contributed by atoms with Crippen molar-refractivity contribution in [3.63, 3.8) is 0 Å². The van der Waals surface area contributed by atoms with Crippen molar-refractivity contribution in [1.82, 2.24) is 0 Å². The van der Waals surface area contributed by atoms with Gasteiger partial charge in [0.15, 0.2) is 11.4 Å². The minimum absolute atomic E-state index is 0.246. The molecule has 1 amide bonds. The zero-order chi connectivity index (χ0) is 20.6. The molecule has 0 fully saturated rings. The van der Waals surface area contributed by atoms with Crippen molar-refractivity contribution in [2.45, 2.75) is 38.3 Å². The smallest absolute Gasteiger partial charge is 0.264 e. The molecule has 4 rings (SSSR count). The Morgan fingerprint density at radius 3 is 2.45 bits per heavy atom. The summed E-state index contributed by atoms with van der Waals surface area (Å²) in [7, 11) is 0. The highest BCUT2D eigenvalue weighted by Crippen LogP contribution is 2.43. The van der Waals surface area contributed by atoms with Gasteiger partial charge in [-0.05, 0) is 29.0 Å². The van der Waals surface area contributed by atoms with Crippen LogP contribution in [0.25, 0.3) is 0 Å². The Kier molecular flexibility index (Phi) is 5.11. The van der Waals surface area contributed by atoms with Gasteiger partial charge in [0.2, 0.25) is 0 Å². The molecule has 3 aromatic rings. The molecule has 0 saturated heterocycles. The summed E-state index contributed by atoms with van der Waals surface area (Å²) in [4.78, 5) is 28.8. The quantitative estimate of drug-likeness (QED) is 0.595. The maximum absolute atomic E-state index is 13.2. The van der Waals surface area contributed by atoms with Gasteiger partial charge in [-0.15, -0.1) is 11.3 Å². The lowest BCUT2D eigenvalue weighted by atomic mass is 9.87. The van der Waals surface area contributed by atoms with E-state index in [1.54, 1.807) is 40.5 Å². The van der Waals surface area contributed by atoms with Crippen molar-refractivity contribution in [3.05, 3.63) is 87.6 Å². The van der Waals surface area contributed by atoms with Gasteiger partial charge >= 0.3 is 0 Å². The van der Waals surface area contributed by atoms with E-state index < -0.39 is 11.5 Å². The third-order valence-corrected chi connectivity index (χ3v) is 6.31. The van der Waals surface area contributed by atoms with Gasteiger partial charge in [-0.1, -0.05) is 62.4 Å². The number of rotatable bonds is 6. The summed E-state index contributed by atoms with van der Waals surface area (Å²) in [6, 6.07) is 18.5. The maximum atomic E-state index is 13.2. The summed E-state index contributed by atoms with van der Waals surface area (Å²) in [6.45, 7) is 4.57. The molecule has 1 aliphatic heterocycles. The molecule has 2 heterocycles. The van der Waals surface area contributed by atoms with Crippen molar-refractivity contribution in [3.8, 4) is 0 Å². The third kappa shape index (κ3) is 3.52. The Labute approximate surface area is 174 Å². The molecule has 4 nitrogen and oxygen atoms in total. The number of hydrogen-bond acceptors (Lipinski definition) is 4. The molecule has 1 unspecified atom stereocenters. The number of carbonyl (C=O) groups excluding carboxylic acids is 2. The van der Waals surface area contributed by atoms with Crippen molar-refractivity contribution in [2.75, 3.05) is 4.90 Å². The standard InChI is InChI=1S/C24H23NO3S/c1-16(2)17-9-11-18(12-10-17)22(26)14-24(28)20-7-3-4-8-21(20)25(23(24)27)15-19-6-5-13-29-19/h3-13,16,28H,14-15H2,1-2H3. The minimum Gasteiger partial charge on any atom is -0.375 e. The Bertz CT molecular complexity index is 1040. The molecule has 29 heavy (non-hydrogen) atoms. The number of amides is 1. The molecule has 0 spiro atoms. The molecule has 0 bridgehead atoms. The number of aliphatic hydroxyl groups is 1. The summed E-state index contributed by atoms with van der Waals surface area (Å²) in [5.74, 6) is -0.319. The number of thiophene rings is 1. The lowest BCUT2D eigenvalue weighted by Gasteiger charge is -2.22. The first kappa shape index (κ1) is 19.6. The molecule has 1 N–H and O–H groups in total. The van der Waals surface area contributed by atoms with Gasteiger partial charge in [-0.3, -0.25) is 9.59 Å². The summed E-state index contributed by atoms with van der Waals surface area (Å²) in [6.07, 6.45) is -0.273. The number of nitrogens with zero attached hydrogens (tertiary/aromatic N) is 1. The monoisotopic (exact) mass is 405 g/mol. The fourth-order valence-electron chi connectivity index (χ4n) is 3.78. The van der Waals surface area contributed by atoms with Crippen LogP contribution in [-0.2, 0) is 16.9 Å². The lowest BCUT2D eigenvalue weighted by molar-refractivity contribution is -0.136. The van der Waals surface area contributed by atoms with E-state index >= 15 is 0 Å². The van der Waals surface area contributed by atoms with E-state index in [1.165, 1.54) is 0 Å². The molecular weight excluding hydrogens is 382 g/mol. The van der Waals surface area contributed by atoms with Crippen molar-refractivity contribution < 1.29 is 14.7 Å². The average Bonchev–Trinajstić information content (AvgIpc) is 3.30. The second-order valence-electron chi connectivity index (χ2n) is 7.72. The number of ketones is 1. The second kappa shape index (κ2) is 7.58. The fourth-order valence-corrected chi connectivity index (χ4v) is 4.47. The van der Waals surface area contributed by atoms with Crippen LogP contribution in [0.15, 0.2) is 66.0 Å². The minimum atomic E-state index is -1.85. The fraction of sp³-hybridized carbons (Fsp3) is 0.250. The normalized spacial score (nSPS) is 18.3. The summed E-state index contributed by atoms with van der Waals surface area (Å²) in [5, 5.41) is 13.3. The number of anilines is 1. The molecular formula is C24H23NO3S. The van der Waals surface area contributed by atoms with Crippen LogP contribution in [0.2, 0.25) is 0 Å². The third-order valence-electron chi connectivity index (χ3n) is 5.45. The highest BCUT2D eigenvalue weighted by Gasteiger charge is 2.50. The molecule has 1 aliphatic rings. The number of Topliss-reactive ketones (excluding diaryl/α,β-unsaturated/α-hetero) is 1. The van der Waals surface area contributed by atoms with Crippen LogP contribution in [0, 0.1) is 0 Å². The molecule has 5 heteroatoms. The van der Waals surface area contributed by atoms with Gasteiger partial charge in [0.1, 0.15) is 0 Å². The van der Waals surface area contributed by atoms with E-state index in [0.29, 0.717) is 29.3 Å². The van der Waals surface area contributed by atoms with Gasteiger partial charge in [0, 0.05) is 16.0 Å². The van der Waals surface area contributed by atoms with E-state index in [9.17, 15) is 14.7 Å². The topological polar surface area (TPSA) is 57.6 Å². The first-order valence-electron chi connectivity index (χ1n) is 9.69. The molecule has 0 saturated carbocycles. The van der Waals surface area contributed by atoms with E-state index in [-0.39, 0.29) is 12.2 Å². The first-order chi connectivity index (χ1) is 13.9. The van der Waals surface area contributed by atoms with Gasteiger partial charge < -0.3 is 10.0 Å². The number of hydrogen-bond donors (Lipinski definition) is 1. The highest BCUT2D eigenvalue weighted by molar-refractivity contribution is 7.09. The van der Waals surface area contributed by atoms with Crippen molar-refractivity contribution in [1.29, 1.82) is 0 Å². The number of carbonyl (C=O) groups is 2. The molecule has 0 aliphatic carbocycles. The van der Waals surface area contributed by atoms with E-state index in [4.69, 9.17) is 0 Å². The SMILES string of the molecule is CC(C)c1ccc(C(=O)CC2(O)C(=O)N(Cc3cccs3)c3ccccc32)cc1. The number of para-hydroxylation sites is 1. The van der Waals surface area contributed by atoms with Crippen LogP contribution in [0.4, 0.5) is 5.69 Å². The zero-order valence-corrected chi connectivity index (χ0v) is 17.3. The zero-order valence-electron chi connectivity index (χ0n) is 16.5. The van der Waals surface area contributed by atoms with Gasteiger partial charge in [-0.25, -0.2) is 0 Å². The van der Waals surface area contributed by atoms with Gasteiger partial charge in [0.05, 0.1) is 18.7 Å². The van der Waals surface area contributed by atoms with E-state index in [1.807, 2.05) is 41.8 Å². The van der Waals surface area contributed by atoms with Crippen LogP contribution in [-0.4, -0.2) is 16.8 Å². The summed E-state index contributed by atoms with van der Waals surface area (Å²) in [5.41, 5.74) is 0.960. The maximum Gasteiger partial charge on any atom is 0.264 e. The van der Waals surface area contributed by atoms with Gasteiger partial charge in [0.25, 0.3) is 5.91 Å². The summed E-state index contributed by atoms with van der Waals surface area (Å²) >= 11 is 1.56. The average molecular weight is 406 g/mol. The number of fused-ring (bicyclic) bond motifs is 1. The highest BCUT2D eigenvalue weighted by atomic mass is 32.1. The summed E-state index contributed by atoms with van der Waals surface area (Å²) < 4.78 is 0. The van der Waals surface area contributed by atoms with Crippen LogP contribution in [0.5, 0.6) is 0 Å². The van der Waals surface area contributed by atoms with Crippen LogP contribution in [0.3, 0.4) is 0 Å². The molecule has 1 atom stereocenters. The van der Waals surface area contributed by atoms with E-state index in [0.717, 1.165) is 10.4 Å².